The van der Waals surface area contributed by atoms with Crippen molar-refractivity contribution in [1.29, 1.82) is 0 Å². The third-order valence-corrected chi connectivity index (χ3v) is 9.40. The summed E-state index contributed by atoms with van der Waals surface area (Å²) in [5.41, 5.74) is 16.9. The molecule has 1 heterocycles. The highest BCUT2D eigenvalue weighted by molar-refractivity contribution is 5.94. The van der Waals surface area contributed by atoms with Gasteiger partial charge in [0.15, 0.2) is 5.82 Å². The lowest BCUT2D eigenvalue weighted by Crippen LogP contribution is -1.95. The molecular formula is C45H30N2. The molecule has 2 nitrogen and oxygen atoms in total. The van der Waals surface area contributed by atoms with E-state index in [4.69, 9.17) is 9.97 Å². The second kappa shape index (κ2) is 11.3. The quantitative estimate of drug-likeness (QED) is 0.197. The van der Waals surface area contributed by atoms with Gasteiger partial charge in [-0.3, -0.25) is 0 Å². The van der Waals surface area contributed by atoms with Crippen LogP contribution in [0.25, 0.3) is 78.1 Å². The average molecular weight is 599 g/mol. The van der Waals surface area contributed by atoms with Gasteiger partial charge in [-0.1, -0.05) is 164 Å². The maximum Gasteiger partial charge on any atom is 0.160 e. The smallest absolute Gasteiger partial charge is 0.160 e. The van der Waals surface area contributed by atoms with Gasteiger partial charge in [0.05, 0.1) is 11.2 Å². The minimum Gasteiger partial charge on any atom is -0.228 e. The van der Waals surface area contributed by atoms with Gasteiger partial charge in [0.25, 0.3) is 0 Å². The first-order valence-electron chi connectivity index (χ1n) is 16.1. The predicted octanol–water partition coefficient (Wildman–Crippen LogP) is 11.5. The van der Waals surface area contributed by atoms with Crippen molar-refractivity contribution in [1.82, 2.24) is 9.97 Å². The van der Waals surface area contributed by atoms with Crippen LogP contribution in [0.5, 0.6) is 0 Å². The van der Waals surface area contributed by atoms with E-state index in [0.29, 0.717) is 0 Å². The van der Waals surface area contributed by atoms with E-state index in [1.54, 1.807) is 0 Å². The fraction of sp³-hybridized carbons (Fsp3) is 0.0222. The Morgan fingerprint density at radius 2 is 0.787 bits per heavy atom. The number of para-hydroxylation sites is 1. The van der Waals surface area contributed by atoms with Crippen molar-refractivity contribution >= 4 is 10.9 Å². The van der Waals surface area contributed by atoms with Gasteiger partial charge in [-0.25, -0.2) is 9.97 Å². The van der Waals surface area contributed by atoms with Gasteiger partial charge >= 0.3 is 0 Å². The molecule has 0 saturated carbocycles. The van der Waals surface area contributed by atoms with Crippen molar-refractivity contribution in [3.8, 4) is 67.2 Å². The molecule has 0 amide bonds. The maximum atomic E-state index is 5.16. The second-order valence-corrected chi connectivity index (χ2v) is 12.1. The van der Waals surface area contributed by atoms with E-state index in [2.05, 4.69) is 158 Å². The van der Waals surface area contributed by atoms with Crippen LogP contribution in [0.2, 0.25) is 0 Å². The molecule has 0 bridgehead atoms. The van der Waals surface area contributed by atoms with Crippen molar-refractivity contribution in [2.75, 3.05) is 0 Å². The number of nitrogens with zero attached hydrogens (tertiary/aromatic N) is 2. The summed E-state index contributed by atoms with van der Waals surface area (Å²) in [5.74, 6) is 0.732. The van der Waals surface area contributed by atoms with Gasteiger partial charge in [-0.05, 0) is 68.1 Å². The first-order chi connectivity index (χ1) is 23.3. The Bertz CT molecular complexity index is 2390. The van der Waals surface area contributed by atoms with Crippen molar-refractivity contribution in [3.63, 3.8) is 0 Å². The van der Waals surface area contributed by atoms with Crippen LogP contribution >= 0.6 is 0 Å². The minimum atomic E-state index is 0.732. The fourth-order valence-electron chi connectivity index (χ4n) is 7.07. The molecule has 0 unspecified atom stereocenters. The van der Waals surface area contributed by atoms with Crippen molar-refractivity contribution in [2.24, 2.45) is 0 Å². The molecule has 0 spiro atoms. The van der Waals surface area contributed by atoms with Crippen LogP contribution in [0, 0.1) is 0 Å². The van der Waals surface area contributed by atoms with Crippen LogP contribution < -0.4 is 0 Å². The predicted molar refractivity (Wildman–Crippen MR) is 195 cm³/mol. The standard InChI is InChI=1S/C45H30N2/c1-3-11-30(12-4-1)31-21-25-34(26-22-31)44-40-15-7-8-20-43(40)46-45(47-44)35-27-23-33(24-28-35)37-17-10-19-39-38-18-9-16-36(41(38)29-42(37)39)32-13-5-2-6-14-32/h1-28H,29H2. The van der Waals surface area contributed by atoms with E-state index in [0.717, 1.165) is 40.0 Å². The van der Waals surface area contributed by atoms with Gasteiger partial charge in [0, 0.05) is 16.5 Å². The molecule has 47 heavy (non-hydrogen) atoms. The number of hydrogen-bond acceptors (Lipinski definition) is 2. The fourth-order valence-corrected chi connectivity index (χ4v) is 7.07. The molecule has 220 valence electrons. The third-order valence-electron chi connectivity index (χ3n) is 9.40. The molecule has 8 aromatic rings. The van der Waals surface area contributed by atoms with E-state index in [-0.39, 0.29) is 0 Å². The van der Waals surface area contributed by atoms with Crippen LogP contribution in [0.4, 0.5) is 0 Å². The van der Waals surface area contributed by atoms with E-state index in [1.165, 1.54) is 55.6 Å². The molecule has 0 saturated heterocycles. The molecule has 0 atom stereocenters. The molecule has 0 radical (unpaired) electrons. The number of rotatable bonds is 5. The molecule has 9 rings (SSSR count). The van der Waals surface area contributed by atoms with Crippen molar-refractivity contribution < 1.29 is 0 Å². The maximum absolute atomic E-state index is 5.16. The molecule has 2 heteroatoms. The summed E-state index contributed by atoms with van der Waals surface area (Å²) in [5, 5.41) is 1.05. The number of hydrogen-bond donors (Lipinski definition) is 0. The van der Waals surface area contributed by atoms with Crippen LogP contribution in [-0.4, -0.2) is 9.97 Å². The Labute approximate surface area is 274 Å². The van der Waals surface area contributed by atoms with E-state index < -0.39 is 0 Å². The summed E-state index contributed by atoms with van der Waals surface area (Å²) < 4.78 is 0. The SMILES string of the molecule is c1ccc(-c2ccc(-c3nc(-c4ccc(-c5cccc6c5Cc5c(-c7ccccc7)cccc5-6)cc4)nc4ccccc34)cc2)cc1. The summed E-state index contributed by atoms with van der Waals surface area (Å²) in [6, 6.07) is 60.4. The molecular weight excluding hydrogens is 569 g/mol. The Balaban J connectivity index is 1.07. The van der Waals surface area contributed by atoms with E-state index >= 15 is 0 Å². The summed E-state index contributed by atoms with van der Waals surface area (Å²) >= 11 is 0. The van der Waals surface area contributed by atoms with Crippen molar-refractivity contribution in [2.45, 2.75) is 6.42 Å². The lowest BCUT2D eigenvalue weighted by molar-refractivity contribution is 1.23. The topological polar surface area (TPSA) is 25.8 Å². The lowest BCUT2D eigenvalue weighted by atomic mass is 9.95. The molecule has 0 aliphatic heterocycles. The number of fused-ring (bicyclic) bond motifs is 4. The van der Waals surface area contributed by atoms with Crippen molar-refractivity contribution in [3.05, 3.63) is 181 Å². The van der Waals surface area contributed by atoms with Crippen LogP contribution in [0.1, 0.15) is 11.1 Å². The van der Waals surface area contributed by atoms with Crippen LogP contribution in [0.15, 0.2) is 170 Å². The third kappa shape index (κ3) is 4.83. The van der Waals surface area contributed by atoms with Gasteiger partial charge in [0.2, 0.25) is 0 Å². The Morgan fingerprint density at radius 1 is 0.319 bits per heavy atom. The largest absolute Gasteiger partial charge is 0.228 e. The second-order valence-electron chi connectivity index (χ2n) is 12.1. The van der Waals surface area contributed by atoms with Gasteiger partial charge in [0.1, 0.15) is 0 Å². The zero-order valence-corrected chi connectivity index (χ0v) is 25.8. The Morgan fingerprint density at radius 3 is 1.45 bits per heavy atom. The number of aromatic nitrogens is 2. The van der Waals surface area contributed by atoms with Crippen LogP contribution in [-0.2, 0) is 6.42 Å². The Kier molecular flexibility index (Phi) is 6.57. The zero-order valence-electron chi connectivity index (χ0n) is 25.8. The number of benzene rings is 7. The molecule has 1 aromatic heterocycles. The van der Waals surface area contributed by atoms with Crippen LogP contribution in [0.3, 0.4) is 0 Å². The average Bonchev–Trinajstić information content (AvgIpc) is 3.55. The van der Waals surface area contributed by atoms with Gasteiger partial charge in [-0.15, -0.1) is 0 Å². The zero-order chi connectivity index (χ0) is 31.2. The molecule has 1 aliphatic rings. The highest BCUT2D eigenvalue weighted by atomic mass is 14.9. The van der Waals surface area contributed by atoms with E-state index in [1.807, 2.05) is 12.1 Å². The monoisotopic (exact) mass is 598 g/mol. The summed E-state index contributed by atoms with van der Waals surface area (Å²) in [6.07, 6.45) is 0.924. The molecule has 1 aliphatic carbocycles. The molecule has 7 aromatic carbocycles. The minimum absolute atomic E-state index is 0.732. The molecule has 0 N–H and O–H groups in total. The first kappa shape index (κ1) is 27.2. The Hall–Kier alpha value is -6.12. The lowest BCUT2D eigenvalue weighted by Gasteiger charge is -2.12. The summed E-state index contributed by atoms with van der Waals surface area (Å²) in [6.45, 7) is 0. The van der Waals surface area contributed by atoms with Gasteiger partial charge < -0.3 is 0 Å². The molecule has 0 fully saturated rings. The summed E-state index contributed by atoms with van der Waals surface area (Å²) in [7, 11) is 0. The normalized spacial score (nSPS) is 11.7. The highest BCUT2D eigenvalue weighted by Crippen LogP contribution is 2.45. The first-order valence-corrected chi connectivity index (χ1v) is 16.1. The van der Waals surface area contributed by atoms with E-state index in [9.17, 15) is 0 Å². The highest BCUT2D eigenvalue weighted by Gasteiger charge is 2.24. The van der Waals surface area contributed by atoms with Gasteiger partial charge in [-0.2, -0.15) is 0 Å². The summed E-state index contributed by atoms with van der Waals surface area (Å²) in [4.78, 5) is 10.2.